The summed E-state index contributed by atoms with van der Waals surface area (Å²) in [6, 6.07) is 13.4. The molecule has 4 heteroatoms. The second-order valence-electron chi connectivity index (χ2n) is 3.84. The van der Waals surface area contributed by atoms with Crippen molar-refractivity contribution < 1.29 is 14.6 Å². The fourth-order valence-corrected chi connectivity index (χ4v) is 1.47. The van der Waals surface area contributed by atoms with E-state index < -0.39 is 5.91 Å². The van der Waals surface area contributed by atoms with Crippen LogP contribution in [0.25, 0.3) is 0 Å². The maximum atomic E-state index is 10.9. The number of rotatable bonds is 4. The van der Waals surface area contributed by atoms with E-state index in [9.17, 15) is 4.79 Å². The lowest BCUT2D eigenvalue weighted by Crippen LogP contribution is -2.10. The van der Waals surface area contributed by atoms with Gasteiger partial charge in [0.25, 0.3) is 0 Å². The van der Waals surface area contributed by atoms with E-state index in [-0.39, 0.29) is 5.75 Å². The summed E-state index contributed by atoms with van der Waals surface area (Å²) in [5.41, 5.74) is 6.56. The Bertz CT molecular complexity index is 532. The molecule has 0 aliphatic carbocycles. The largest absolute Gasteiger partial charge is 0.508 e. The normalized spacial score (nSPS) is 10.0. The third-order valence-electron chi connectivity index (χ3n) is 2.48. The number of primary amides is 1. The molecule has 2 aromatic carbocycles. The van der Waals surface area contributed by atoms with Crippen molar-refractivity contribution in [2.24, 2.45) is 5.73 Å². The molecule has 0 aromatic heterocycles. The number of phenols is 1. The number of hydrogen-bond donors (Lipinski definition) is 2. The van der Waals surface area contributed by atoms with Gasteiger partial charge in [-0.15, -0.1) is 0 Å². The molecule has 0 aliphatic heterocycles. The van der Waals surface area contributed by atoms with Gasteiger partial charge in [-0.2, -0.15) is 0 Å². The van der Waals surface area contributed by atoms with Crippen LogP contribution in [0.1, 0.15) is 15.9 Å². The number of amides is 1. The zero-order chi connectivity index (χ0) is 13.0. The molecule has 2 rings (SSSR count). The molecule has 0 bridgehead atoms. The summed E-state index contributed by atoms with van der Waals surface area (Å²) in [5.74, 6) is 0.431. The highest BCUT2D eigenvalue weighted by Gasteiger charge is 2.00. The van der Waals surface area contributed by atoms with E-state index in [1.165, 1.54) is 0 Å². The number of carbonyl (C=O) groups excluding carboxylic acids is 1. The van der Waals surface area contributed by atoms with Crippen LogP contribution < -0.4 is 10.5 Å². The molecule has 0 atom stereocenters. The number of benzene rings is 2. The molecule has 0 aliphatic rings. The lowest BCUT2D eigenvalue weighted by Gasteiger charge is -2.06. The van der Waals surface area contributed by atoms with Crippen molar-refractivity contribution in [2.75, 3.05) is 0 Å². The van der Waals surface area contributed by atoms with Crippen LogP contribution in [0.5, 0.6) is 11.5 Å². The summed E-state index contributed by atoms with van der Waals surface area (Å²) in [6.45, 7) is 0.393. The van der Waals surface area contributed by atoms with Gasteiger partial charge >= 0.3 is 0 Å². The Morgan fingerprint density at radius 3 is 2.22 bits per heavy atom. The molecule has 18 heavy (non-hydrogen) atoms. The first-order valence-corrected chi connectivity index (χ1v) is 5.46. The molecule has 4 nitrogen and oxygen atoms in total. The first kappa shape index (κ1) is 12.0. The average molecular weight is 243 g/mol. The lowest BCUT2D eigenvalue weighted by atomic mass is 10.1. The van der Waals surface area contributed by atoms with Crippen LogP contribution in [0.2, 0.25) is 0 Å². The highest BCUT2D eigenvalue weighted by Crippen LogP contribution is 2.17. The third-order valence-corrected chi connectivity index (χ3v) is 2.48. The van der Waals surface area contributed by atoms with Gasteiger partial charge in [0.15, 0.2) is 0 Å². The molecule has 3 N–H and O–H groups in total. The highest BCUT2D eigenvalue weighted by molar-refractivity contribution is 5.92. The molecular weight excluding hydrogens is 230 g/mol. The molecule has 0 heterocycles. The fraction of sp³-hybridized carbons (Fsp3) is 0.0714. The van der Waals surface area contributed by atoms with Gasteiger partial charge in [0.1, 0.15) is 18.1 Å². The summed E-state index contributed by atoms with van der Waals surface area (Å²) in [7, 11) is 0. The maximum absolute atomic E-state index is 10.9. The molecule has 0 radical (unpaired) electrons. The summed E-state index contributed by atoms with van der Waals surface area (Å²) in [6.07, 6.45) is 0. The second-order valence-corrected chi connectivity index (χ2v) is 3.84. The maximum Gasteiger partial charge on any atom is 0.248 e. The van der Waals surface area contributed by atoms with Crippen molar-refractivity contribution in [2.45, 2.75) is 6.61 Å². The average Bonchev–Trinajstić information content (AvgIpc) is 2.38. The third kappa shape index (κ3) is 3.01. The zero-order valence-electron chi connectivity index (χ0n) is 9.67. The van der Waals surface area contributed by atoms with Crippen LogP contribution in [0.3, 0.4) is 0 Å². The smallest absolute Gasteiger partial charge is 0.248 e. The number of aromatic hydroxyl groups is 1. The predicted octanol–water partition coefficient (Wildman–Crippen LogP) is 2.07. The van der Waals surface area contributed by atoms with Crippen LogP contribution in [-0.2, 0) is 6.61 Å². The lowest BCUT2D eigenvalue weighted by molar-refractivity contribution is 0.1000. The number of carbonyl (C=O) groups is 1. The summed E-state index contributed by atoms with van der Waals surface area (Å²) >= 11 is 0. The van der Waals surface area contributed by atoms with Crippen LogP contribution in [-0.4, -0.2) is 11.0 Å². The van der Waals surface area contributed by atoms with Gasteiger partial charge in [0.2, 0.25) is 5.91 Å². The van der Waals surface area contributed by atoms with E-state index in [4.69, 9.17) is 15.6 Å². The molecule has 0 saturated carbocycles. The van der Waals surface area contributed by atoms with Gasteiger partial charge in [-0.3, -0.25) is 4.79 Å². The minimum atomic E-state index is -0.444. The van der Waals surface area contributed by atoms with Crippen LogP contribution >= 0.6 is 0 Å². The second kappa shape index (κ2) is 5.23. The molecule has 1 amide bonds. The van der Waals surface area contributed by atoms with E-state index in [1.807, 2.05) is 0 Å². The summed E-state index contributed by atoms with van der Waals surface area (Å²) in [4.78, 5) is 10.9. The number of nitrogens with two attached hydrogens (primary N) is 1. The van der Waals surface area contributed by atoms with Gasteiger partial charge < -0.3 is 15.6 Å². The summed E-state index contributed by atoms with van der Waals surface area (Å²) < 4.78 is 5.52. The quantitative estimate of drug-likeness (QED) is 0.863. The van der Waals surface area contributed by atoms with E-state index in [0.29, 0.717) is 17.9 Å². The summed E-state index contributed by atoms with van der Waals surface area (Å²) in [5, 5.41) is 9.13. The Balaban J connectivity index is 1.97. The highest BCUT2D eigenvalue weighted by atomic mass is 16.5. The Hall–Kier alpha value is -2.49. The van der Waals surface area contributed by atoms with Crippen LogP contribution in [0.4, 0.5) is 0 Å². The minimum Gasteiger partial charge on any atom is -0.508 e. The van der Waals surface area contributed by atoms with Crippen LogP contribution in [0.15, 0.2) is 48.5 Å². The van der Waals surface area contributed by atoms with Gasteiger partial charge in [0.05, 0.1) is 0 Å². The minimum absolute atomic E-state index is 0.202. The number of hydrogen-bond acceptors (Lipinski definition) is 3. The topological polar surface area (TPSA) is 72.6 Å². The van der Waals surface area contributed by atoms with E-state index in [2.05, 4.69) is 0 Å². The molecular formula is C14H13NO3. The van der Waals surface area contributed by atoms with Crippen LogP contribution in [0, 0.1) is 0 Å². The first-order chi connectivity index (χ1) is 8.65. The number of ether oxygens (including phenoxy) is 1. The van der Waals surface area contributed by atoms with E-state index in [1.54, 1.807) is 48.5 Å². The Kier molecular flexibility index (Phi) is 3.48. The Morgan fingerprint density at radius 2 is 1.67 bits per heavy atom. The molecule has 0 unspecified atom stereocenters. The van der Waals surface area contributed by atoms with Gasteiger partial charge in [-0.25, -0.2) is 0 Å². The van der Waals surface area contributed by atoms with Gasteiger partial charge in [0, 0.05) is 5.56 Å². The molecule has 0 fully saturated rings. The van der Waals surface area contributed by atoms with Gasteiger partial charge in [-0.05, 0) is 42.0 Å². The van der Waals surface area contributed by atoms with Crippen molar-refractivity contribution in [3.05, 3.63) is 59.7 Å². The molecule has 2 aromatic rings. The molecule has 92 valence electrons. The van der Waals surface area contributed by atoms with Crippen molar-refractivity contribution in [1.82, 2.24) is 0 Å². The van der Waals surface area contributed by atoms with E-state index in [0.717, 1.165) is 5.56 Å². The van der Waals surface area contributed by atoms with Crippen molar-refractivity contribution in [3.63, 3.8) is 0 Å². The Labute approximate surface area is 105 Å². The standard InChI is InChI=1S/C14H13NO3/c15-14(17)11-3-1-10(2-4-11)9-18-13-7-5-12(16)6-8-13/h1-8,16H,9H2,(H2,15,17). The molecule has 0 saturated heterocycles. The Morgan fingerprint density at radius 1 is 1.06 bits per heavy atom. The zero-order valence-corrected chi connectivity index (χ0v) is 9.67. The van der Waals surface area contributed by atoms with Gasteiger partial charge in [-0.1, -0.05) is 12.1 Å². The molecule has 0 spiro atoms. The van der Waals surface area contributed by atoms with Crippen molar-refractivity contribution >= 4 is 5.91 Å². The monoisotopic (exact) mass is 243 g/mol. The SMILES string of the molecule is NC(=O)c1ccc(COc2ccc(O)cc2)cc1. The van der Waals surface area contributed by atoms with E-state index >= 15 is 0 Å². The van der Waals surface area contributed by atoms with Crippen molar-refractivity contribution in [3.8, 4) is 11.5 Å². The predicted molar refractivity (Wildman–Crippen MR) is 67.4 cm³/mol. The number of phenolic OH excluding ortho intramolecular Hbond substituents is 1. The van der Waals surface area contributed by atoms with Crippen molar-refractivity contribution in [1.29, 1.82) is 0 Å². The first-order valence-electron chi connectivity index (χ1n) is 5.46. The fourth-order valence-electron chi connectivity index (χ4n) is 1.47.